The summed E-state index contributed by atoms with van der Waals surface area (Å²) in [5.41, 5.74) is 2.09. The maximum atomic E-state index is 11.1. The molecule has 1 amide bonds. The molecule has 0 saturated heterocycles. The van der Waals surface area contributed by atoms with Crippen molar-refractivity contribution < 1.29 is 4.79 Å². The Kier molecular flexibility index (Phi) is 4.34. The van der Waals surface area contributed by atoms with Crippen LogP contribution in [-0.2, 0) is 4.79 Å². The predicted octanol–water partition coefficient (Wildman–Crippen LogP) is 2.48. The number of amides is 1. The zero-order valence-corrected chi connectivity index (χ0v) is 11.4. The summed E-state index contributed by atoms with van der Waals surface area (Å²) in [7, 11) is 0. The van der Waals surface area contributed by atoms with Crippen molar-refractivity contribution in [3.8, 4) is 0 Å². The number of nitrogens with one attached hydrogen (secondary N) is 2. The molecule has 100 valence electrons. The number of carbonyl (C=O) groups excluding carboxylic acids is 1. The van der Waals surface area contributed by atoms with E-state index in [2.05, 4.69) is 27.8 Å². The van der Waals surface area contributed by atoms with Gasteiger partial charge in [0.05, 0.1) is 5.52 Å². The number of fused-ring (bicyclic) bond motifs is 1. The molecule has 0 unspecified atom stereocenters. The molecule has 0 fully saturated rings. The monoisotopic (exact) mass is 257 g/mol. The van der Waals surface area contributed by atoms with Crippen LogP contribution in [0.25, 0.3) is 10.9 Å². The number of anilines is 1. The van der Waals surface area contributed by atoms with Crippen molar-refractivity contribution in [3.05, 3.63) is 35.9 Å². The van der Waals surface area contributed by atoms with Gasteiger partial charge < -0.3 is 10.6 Å². The highest BCUT2D eigenvalue weighted by Crippen LogP contribution is 2.19. The van der Waals surface area contributed by atoms with E-state index < -0.39 is 0 Å². The zero-order chi connectivity index (χ0) is 13.7. The molecule has 1 heterocycles. The number of aryl methyl sites for hydroxylation is 1. The molecule has 1 aromatic carbocycles. The fraction of sp³-hybridized carbons (Fsp3) is 0.333. The van der Waals surface area contributed by atoms with Crippen LogP contribution in [0.1, 0.15) is 18.9 Å². The number of pyridine rings is 1. The van der Waals surface area contributed by atoms with Crippen molar-refractivity contribution >= 4 is 22.6 Å². The zero-order valence-electron chi connectivity index (χ0n) is 11.4. The molecule has 0 spiro atoms. The molecule has 0 radical (unpaired) electrons. The minimum Gasteiger partial charge on any atom is -0.368 e. The second kappa shape index (κ2) is 6.18. The van der Waals surface area contributed by atoms with Gasteiger partial charge in [-0.25, -0.2) is 4.98 Å². The molecular weight excluding hydrogens is 238 g/mol. The standard InChI is InChI=1S/C15H19N3O/c1-3-14(19)16-8-9-17-15-11(2)10-12-6-4-5-7-13(12)18-15/h4-7,10H,3,8-9H2,1-2H3,(H,16,19)(H,17,18). The SMILES string of the molecule is CCC(=O)NCCNc1nc2ccccc2cc1C. The molecule has 0 aliphatic heterocycles. The summed E-state index contributed by atoms with van der Waals surface area (Å²) in [6, 6.07) is 10.2. The second-order valence-corrected chi connectivity index (χ2v) is 4.48. The van der Waals surface area contributed by atoms with E-state index in [9.17, 15) is 4.79 Å². The van der Waals surface area contributed by atoms with E-state index in [1.54, 1.807) is 0 Å². The van der Waals surface area contributed by atoms with Crippen LogP contribution in [0.15, 0.2) is 30.3 Å². The Balaban J connectivity index is 2.00. The lowest BCUT2D eigenvalue weighted by Gasteiger charge is -2.10. The van der Waals surface area contributed by atoms with Gasteiger partial charge in [-0.05, 0) is 24.6 Å². The lowest BCUT2D eigenvalue weighted by molar-refractivity contribution is -0.120. The van der Waals surface area contributed by atoms with Gasteiger partial charge in [0.25, 0.3) is 0 Å². The van der Waals surface area contributed by atoms with Gasteiger partial charge in [0.15, 0.2) is 0 Å². The maximum absolute atomic E-state index is 11.1. The largest absolute Gasteiger partial charge is 0.368 e. The van der Waals surface area contributed by atoms with Crippen molar-refractivity contribution in [2.45, 2.75) is 20.3 Å². The Labute approximate surface area is 113 Å². The van der Waals surface area contributed by atoms with Gasteiger partial charge in [-0.2, -0.15) is 0 Å². The molecule has 0 atom stereocenters. The highest BCUT2D eigenvalue weighted by atomic mass is 16.1. The summed E-state index contributed by atoms with van der Waals surface area (Å²) in [5, 5.41) is 7.23. The van der Waals surface area contributed by atoms with Gasteiger partial charge in [-0.3, -0.25) is 4.79 Å². The number of hydrogen-bond acceptors (Lipinski definition) is 3. The van der Waals surface area contributed by atoms with Gasteiger partial charge in [0.2, 0.25) is 5.91 Å². The Hall–Kier alpha value is -2.10. The van der Waals surface area contributed by atoms with Crippen molar-refractivity contribution in [1.29, 1.82) is 0 Å². The molecule has 19 heavy (non-hydrogen) atoms. The molecule has 4 heteroatoms. The number of carbonyl (C=O) groups is 1. The highest BCUT2D eigenvalue weighted by molar-refractivity contribution is 5.81. The quantitative estimate of drug-likeness (QED) is 0.809. The summed E-state index contributed by atoms with van der Waals surface area (Å²) in [6.45, 7) is 5.17. The average molecular weight is 257 g/mol. The van der Waals surface area contributed by atoms with Crippen LogP contribution in [0.2, 0.25) is 0 Å². The molecule has 0 saturated carbocycles. The first-order chi connectivity index (χ1) is 9.20. The number of hydrogen-bond donors (Lipinski definition) is 2. The van der Waals surface area contributed by atoms with Crippen LogP contribution in [0.3, 0.4) is 0 Å². The van der Waals surface area contributed by atoms with Gasteiger partial charge in [0, 0.05) is 24.9 Å². The van der Waals surface area contributed by atoms with E-state index in [0.29, 0.717) is 19.5 Å². The van der Waals surface area contributed by atoms with Crippen molar-refractivity contribution in [1.82, 2.24) is 10.3 Å². The van der Waals surface area contributed by atoms with Gasteiger partial charge >= 0.3 is 0 Å². The molecule has 2 rings (SSSR count). The van der Waals surface area contributed by atoms with E-state index in [4.69, 9.17) is 0 Å². The van der Waals surface area contributed by atoms with Crippen LogP contribution in [0.5, 0.6) is 0 Å². The topological polar surface area (TPSA) is 54.0 Å². The summed E-state index contributed by atoms with van der Waals surface area (Å²) in [5.74, 6) is 0.953. The molecule has 0 aliphatic carbocycles. The molecule has 1 aromatic heterocycles. The third kappa shape index (κ3) is 3.44. The minimum atomic E-state index is 0.0741. The molecule has 0 bridgehead atoms. The Bertz CT molecular complexity index is 581. The molecule has 0 aliphatic rings. The number of rotatable bonds is 5. The molecule has 2 aromatic rings. The van der Waals surface area contributed by atoms with Crippen molar-refractivity contribution in [2.24, 2.45) is 0 Å². The average Bonchev–Trinajstić information content (AvgIpc) is 2.43. The van der Waals surface area contributed by atoms with Crippen LogP contribution in [-0.4, -0.2) is 24.0 Å². The molecular formula is C15H19N3O. The van der Waals surface area contributed by atoms with Crippen LogP contribution >= 0.6 is 0 Å². The van der Waals surface area contributed by atoms with Crippen LogP contribution in [0.4, 0.5) is 5.82 Å². The van der Waals surface area contributed by atoms with Gasteiger partial charge in [-0.1, -0.05) is 25.1 Å². The first-order valence-electron chi connectivity index (χ1n) is 6.57. The summed E-state index contributed by atoms with van der Waals surface area (Å²) in [4.78, 5) is 15.7. The lowest BCUT2D eigenvalue weighted by Crippen LogP contribution is -2.28. The number of benzene rings is 1. The minimum absolute atomic E-state index is 0.0741. The maximum Gasteiger partial charge on any atom is 0.219 e. The third-order valence-corrected chi connectivity index (χ3v) is 2.98. The number of para-hydroxylation sites is 1. The first kappa shape index (κ1) is 13.3. The summed E-state index contributed by atoms with van der Waals surface area (Å²) < 4.78 is 0. The van der Waals surface area contributed by atoms with E-state index >= 15 is 0 Å². The van der Waals surface area contributed by atoms with E-state index in [1.807, 2.05) is 32.0 Å². The van der Waals surface area contributed by atoms with E-state index in [-0.39, 0.29) is 5.91 Å². The second-order valence-electron chi connectivity index (χ2n) is 4.48. The Morgan fingerprint density at radius 1 is 1.26 bits per heavy atom. The van der Waals surface area contributed by atoms with E-state index in [1.165, 1.54) is 0 Å². The third-order valence-electron chi connectivity index (χ3n) is 2.98. The van der Waals surface area contributed by atoms with Crippen molar-refractivity contribution in [2.75, 3.05) is 18.4 Å². The van der Waals surface area contributed by atoms with Gasteiger partial charge in [-0.15, -0.1) is 0 Å². The van der Waals surface area contributed by atoms with E-state index in [0.717, 1.165) is 22.3 Å². The number of aromatic nitrogens is 1. The molecule has 2 N–H and O–H groups in total. The molecule has 4 nitrogen and oxygen atoms in total. The summed E-state index contributed by atoms with van der Waals surface area (Å²) >= 11 is 0. The smallest absolute Gasteiger partial charge is 0.219 e. The Morgan fingerprint density at radius 2 is 2.05 bits per heavy atom. The van der Waals surface area contributed by atoms with Crippen LogP contribution < -0.4 is 10.6 Å². The number of nitrogens with zero attached hydrogens (tertiary/aromatic N) is 1. The fourth-order valence-electron chi connectivity index (χ4n) is 1.91. The van der Waals surface area contributed by atoms with Crippen LogP contribution in [0, 0.1) is 6.92 Å². The fourth-order valence-corrected chi connectivity index (χ4v) is 1.91. The normalized spacial score (nSPS) is 10.4. The van der Waals surface area contributed by atoms with Crippen molar-refractivity contribution in [3.63, 3.8) is 0 Å². The predicted molar refractivity (Wildman–Crippen MR) is 78.3 cm³/mol. The lowest BCUT2D eigenvalue weighted by atomic mass is 10.1. The van der Waals surface area contributed by atoms with Gasteiger partial charge in [0.1, 0.15) is 5.82 Å². The Morgan fingerprint density at radius 3 is 2.84 bits per heavy atom. The first-order valence-corrected chi connectivity index (χ1v) is 6.57. The summed E-state index contributed by atoms with van der Waals surface area (Å²) in [6.07, 6.45) is 0.521. The highest BCUT2D eigenvalue weighted by Gasteiger charge is 2.02.